The zero-order valence-electron chi connectivity index (χ0n) is 13.5. The molecule has 130 valence electrons. The normalized spacial score (nSPS) is 25.9. The summed E-state index contributed by atoms with van der Waals surface area (Å²) in [6.45, 7) is 3.37. The maximum absolute atomic E-state index is 12.5. The fourth-order valence-corrected chi connectivity index (χ4v) is 4.25. The molecule has 3 amide bonds. The Morgan fingerprint density at radius 2 is 2.25 bits per heavy atom. The van der Waals surface area contributed by atoms with Gasteiger partial charge in [0.2, 0.25) is 5.91 Å². The van der Waals surface area contributed by atoms with Gasteiger partial charge in [-0.15, -0.1) is 11.3 Å². The highest BCUT2D eigenvalue weighted by atomic mass is 32.1. The van der Waals surface area contributed by atoms with Crippen LogP contribution in [-0.2, 0) is 16.1 Å². The third kappa shape index (κ3) is 2.75. The summed E-state index contributed by atoms with van der Waals surface area (Å²) in [5.74, 6) is -1.78. The highest BCUT2D eigenvalue weighted by Crippen LogP contribution is 2.43. The van der Waals surface area contributed by atoms with Crippen LogP contribution < -0.4 is 5.32 Å². The Kier molecular flexibility index (Phi) is 4.49. The Bertz CT molecular complexity index is 648. The average molecular weight is 351 g/mol. The number of fused-ring (bicyclic) bond motifs is 1. The number of carboxylic acid groups (broad SMARTS) is 1. The first-order chi connectivity index (χ1) is 11.5. The summed E-state index contributed by atoms with van der Waals surface area (Å²) in [6.07, 6.45) is 0.791. The van der Waals surface area contributed by atoms with E-state index in [1.807, 2.05) is 24.4 Å². The molecule has 2 aliphatic heterocycles. The van der Waals surface area contributed by atoms with Gasteiger partial charge in [-0.25, -0.2) is 4.79 Å². The van der Waals surface area contributed by atoms with E-state index < -0.39 is 17.3 Å². The number of carbonyl (C=O) groups excluding carboxylic acids is 2. The summed E-state index contributed by atoms with van der Waals surface area (Å²) in [7, 11) is 0. The van der Waals surface area contributed by atoms with Gasteiger partial charge >= 0.3 is 12.0 Å². The van der Waals surface area contributed by atoms with Crippen molar-refractivity contribution in [1.82, 2.24) is 15.1 Å². The number of thiophene rings is 1. The second-order valence-electron chi connectivity index (χ2n) is 6.39. The lowest BCUT2D eigenvalue weighted by Gasteiger charge is -2.25. The summed E-state index contributed by atoms with van der Waals surface area (Å²) < 4.78 is 0. The molecule has 24 heavy (non-hydrogen) atoms. The molecule has 0 bridgehead atoms. The molecule has 1 aromatic rings. The van der Waals surface area contributed by atoms with E-state index in [-0.39, 0.29) is 31.6 Å². The minimum absolute atomic E-state index is 0.0786. The lowest BCUT2D eigenvalue weighted by molar-refractivity contribution is -0.149. The monoisotopic (exact) mass is 351 g/mol. The van der Waals surface area contributed by atoms with E-state index in [1.165, 1.54) is 4.90 Å². The molecule has 8 heteroatoms. The van der Waals surface area contributed by atoms with Gasteiger partial charge in [0.25, 0.3) is 0 Å². The Hall–Kier alpha value is -2.09. The molecule has 0 radical (unpaired) electrons. The van der Waals surface area contributed by atoms with Crippen molar-refractivity contribution >= 4 is 29.2 Å². The first-order valence-corrected chi connectivity index (χ1v) is 8.93. The number of amides is 3. The fraction of sp³-hybridized carbons (Fsp3) is 0.562. The highest BCUT2D eigenvalue weighted by Gasteiger charge is 2.62. The van der Waals surface area contributed by atoms with E-state index in [1.54, 1.807) is 16.2 Å². The van der Waals surface area contributed by atoms with Crippen LogP contribution in [0.2, 0.25) is 0 Å². The fourth-order valence-electron chi connectivity index (χ4n) is 3.61. The molecule has 2 N–H and O–H groups in total. The molecule has 0 unspecified atom stereocenters. The Morgan fingerprint density at radius 1 is 1.46 bits per heavy atom. The van der Waals surface area contributed by atoms with Crippen molar-refractivity contribution in [1.29, 1.82) is 0 Å². The number of carboxylic acids is 1. The van der Waals surface area contributed by atoms with Crippen LogP contribution in [0, 0.1) is 11.3 Å². The van der Waals surface area contributed by atoms with Gasteiger partial charge in [0.05, 0.1) is 12.5 Å². The van der Waals surface area contributed by atoms with Gasteiger partial charge in [-0.1, -0.05) is 13.0 Å². The molecule has 2 fully saturated rings. The molecule has 3 rings (SSSR count). The molecule has 2 saturated heterocycles. The smallest absolute Gasteiger partial charge is 0.317 e. The summed E-state index contributed by atoms with van der Waals surface area (Å²) in [5.41, 5.74) is -1.17. The minimum atomic E-state index is -1.17. The van der Waals surface area contributed by atoms with Gasteiger partial charge < -0.3 is 20.2 Å². The van der Waals surface area contributed by atoms with Crippen LogP contribution in [0.5, 0.6) is 0 Å². The van der Waals surface area contributed by atoms with Gasteiger partial charge in [0, 0.05) is 31.1 Å². The second-order valence-corrected chi connectivity index (χ2v) is 7.42. The molecule has 0 spiro atoms. The number of likely N-dealkylation sites (tertiary alicyclic amines) is 2. The maximum atomic E-state index is 12.5. The number of rotatable bonds is 5. The Morgan fingerprint density at radius 3 is 2.83 bits per heavy atom. The van der Waals surface area contributed by atoms with Gasteiger partial charge in [0.15, 0.2) is 0 Å². The summed E-state index contributed by atoms with van der Waals surface area (Å²) in [6, 6.07) is 3.52. The van der Waals surface area contributed by atoms with Crippen molar-refractivity contribution in [3.63, 3.8) is 0 Å². The summed E-state index contributed by atoms with van der Waals surface area (Å²) >= 11 is 1.55. The third-order valence-corrected chi connectivity index (χ3v) is 5.70. The molecule has 7 nitrogen and oxygen atoms in total. The van der Waals surface area contributed by atoms with Crippen molar-refractivity contribution in [2.45, 2.75) is 19.9 Å². The molecule has 2 atom stereocenters. The predicted octanol–water partition coefficient (Wildman–Crippen LogP) is 1.21. The van der Waals surface area contributed by atoms with E-state index in [0.29, 0.717) is 13.1 Å². The lowest BCUT2D eigenvalue weighted by Crippen LogP contribution is -2.44. The van der Waals surface area contributed by atoms with Gasteiger partial charge in [0.1, 0.15) is 5.41 Å². The average Bonchev–Trinajstić information content (AvgIpc) is 3.24. The van der Waals surface area contributed by atoms with E-state index in [9.17, 15) is 19.5 Å². The molecular weight excluding hydrogens is 330 g/mol. The zero-order chi connectivity index (χ0) is 17.3. The van der Waals surface area contributed by atoms with Crippen molar-refractivity contribution in [3.8, 4) is 0 Å². The number of urea groups is 1. The number of nitrogens with one attached hydrogen (secondary N) is 1. The van der Waals surface area contributed by atoms with Gasteiger partial charge in [-0.2, -0.15) is 0 Å². The minimum Gasteiger partial charge on any atom is -0.481 e. The highest BCUT2D eigenvalue weighted by molar-refractivity contribution is 7.09. The SMILES string of the molecule is CCCN1C[C@@]2(C(=O)O)CN(C(=O)NCc3cccs3)C[C@H]2C1=O. The Labute approximate surface area is 144 Å². The predicted molar refractivity (Wildman–Crippen MR) is 88.6 cm³/mol. The third-order valence-electron chi connectivity index (χ3n) is 4.83. The summed E-state index contributed by atoms with van der Waals surface area (Å²) in [4.78, 5) is 40.9. The number of hydrogen-bond acceptors (Lipinski definition) is 4. The van der Waals surface area contributed by atoms with Crippen LogP contribution in [0.3, 0.4) is 0 Å². The quantitative estimate of drug-likeness (QED) is 0.834. The van der Waals surface area contributed by atoms with Crippen molar-refractivity contribution in [2.75, 3.05) is 26.2 Å². The first kappa shape index (κ1) is 16.8. The molecule has 3 heterocycles. The first-order valence-electron chi connectivity index (χ1n) is 8.05. The van der Waals surface area contributed by atoms with Crippen LogP contribution in [0.1, 0.15) is 18.2 Å². The number of nitrogens with zero attached hydrogens (tertiary/aromatic N) is 2. The summed E-state index contributed by atoms with van der Waals surface area (Å²) in [5, 5.41) is 14.5. The maximum Gasteiger partial charge on any atom is 0.317 e. The number of aliphatic carboxylic acids is 1. The molecule has 2 aliphatic rings. The van der Waals surface area contributed by atoms with Crippen LogP contribution in [-0.4, -0.2) is 59.0 Å². The van der Waals surface area contributed by atoms with E-state index >= 15 is 0 Å². The molecular formula is C16H21N3O4S. The second kappa shape index (κ2) is 6.43. The van der Waals surface area contributed by atoms with Gasteiger partial charge in [-0.05, 0) is 17.9 Å². The largest absolute Gasteiger partial charge is 0.481 e. The Balaban J connectivity index is 1.69. The van der Waals surface area contributed by atoms with E-state index in [2.05, 4.69) is 5.32 Å². The van der Waals surface area contributed by atoms with E-state index in [4.69, 9.17) is 0 Å². The zero-order valence-corrected chi connectivity index (χ0v) is 14.3. The topological polar surface area (TPSA) is 90.0 Å². The van der Waals surface area contributed by atoms with Crippen LogP contribution in [0.25, 0.3) is 0 Å². The van der Waals surface area contributed by atoms with Crippen LogP contribution in [0.15, 0.2) is 17.5 Å². The number of hydrogen-bond donors (Lipinski definition) is 2. The lowest BCUT2D eigenvalue weighted by atomic mass is 9.81. The number of carbonyl (C=O) groups is 3. The van der Waals surface area contributed by atoms with Crippen molar-refractivity contribution in [3.05, 3.63) is 22.4 Å². The van der Waals surface area contributed by atoms with Crippen molar-refractivity contribution < 1.29 is 19.5 Å². The van der Waals surface area contributed by atoms with E-state index in [0.717, 1.165) is 11.3 Å². The standard InChI is InChI=1S/C16H21N3O4S/c1-2-5-18-9-16(14(21)22)10-19(8-12(16)13(18)20)15(23)17-7-11-4-3-6-24-11/h3-4,6,12H,2,5,7-10H2,1H3,(H,17,23)(H,21,22)/t12-,16+/m0/s1. The van der Waals surface area contributed by atoms with Crippen LogP contribution >= 0.6 is 11.3 Å². The van der Waals surface area contributed by atoms with Gasteiger partial charge in [-0.3, -0.25) is 9.59 Å². The molecule has 0 saturated carbocycles. The van der Waals surface area contributed by atoms with Crippen molar-refractivity contribution in [2.24, 2.45) is 11.3 Å². The van der Waals surface area contributed by atoms with Crippen LogP contribution in [0.4, 0.5) is 4.79 Å². The molecule has 0 aliphatic carbocycles. The molecule has 1 aromatic heterocycles. The molecule has 0 aromatic carbocycles.